The Bertz CT molecular complexity index is 3170. The average Bonchev–Trinajstić information content (AvgIpc) is 4.09. The van der Waals surface area contributed by atoms with Gasteiger partial charge in [-0.2, -0.15) is 17.5 Å². The Morgan fingerprint density at radius 2 is 0.929 bits per heavy atom. The van der Waals surface area contributed by atoms with Crippen LogP contribution in [-0.4, -0.2) is 54.1 Å². The molecule has 8 nitrogen and oxygen atoms in total. The summed E-state index contributed by atoms with van der Waals surface area (Å²) in [5.74, 6) is 0. The minimum Gasteiger partial charge on any atom is -0.399 e. The molecule has 0 unspecified atom stereocenters. The van der Waals surface area contributed by atoms with Crippen LogP contribution in [-0.2, 0) is 42.3 Å². The summed E-state index contributed by atoms with van der Waals surface area (Å²) < 4.78 is 45.4. The van der Waals surface area contributed by atoms with Crippen molar-refractivity contribution in [2.45, 2.75) is 150 Å². The predicted octanol–water partition coefficient (Wildman–Crippen LogP) is 15.5. The highest BCUT2D eigenvalue weighted by atomic mass is 79.9. The van der Waals surface area contributed by atoms with E-state index in [1.165, 1.54) is 93.7 Å². The van der Waals surface area contributed by atoms with Crippen LogP contribution in [0.25, 0.3) is 52.0 Å². The van der Waals surface area contributed by atoms with Crippen molar-refractivity contribution in [1.29, 1.82) is 0 Å². The molecule has 370 valence electrons. The standard InChI is InChI=1S/C20H18N2S3.C18H26B2N2O4S.C12H10Br2S2.CH4.FH/c1-10-5-6-13(17-16(10)21-25-22-17)15-8-14-19(24-15)18-12(7-11(2)23-18)9-20(14,3)4;1-15(2)16(3,4)24-19(23-15)11-9-10-12(14-13(11)21-27-22-14)20-25-17(5,6)18(7,8)26-20;1-12(2)5-6-3-8(13)15-10(6)11-7(12)4-9(14)16-11;;/h5-8H,9H2,1-4H3;9-10H,1-8H3;3-4H,5H2,1-2H3;1H4;1H. The second kappa shape index (κ2) is 18.8. The van der Waals surface area contributed by atoms with Gasteiger partial charge in [0.05, 0.1) is 53.4 Å². The van der Waals surface area contributed by atoms with E-state index in [1.54, 1.807) is 0 Å². The number of thiophene rings is 4. The number of aryl methyl sites for hydroxylation is 2. The molecule has 2 fully saturated rings. The lowest BCUT2D eigenvalue weighted by molar-refractivity contribution is 0.00578. The van der Waals surface area contributed by atoms with Gasteiger partial charge in [-0.15, -0.1) is 45.3 Å². The Morgan fingerprint density at radius 3 is 1.47 bits per heavy atom. The zero-order valence-corrected chi connectivity index (χ0v) is 49.3. The van der Waals surface area contributed by atoms with Crippen molar-refractivity contribution < 1.29 is 23.3 Å². The number of rotatable bonds is 3. The summed E-state index contributed by atoms with van der Waals surface area (Å²) in [5, 5.41) is 0. The fourth-order valence-electron chi connectivity index (χ4n) is 9.39. The van der Waals surface area contributed by atoms with Crippen LogP contribution in [0.2, 0.25) is 0 Å². The smallest absolute Gasteiger partial charge is 0.399 e. The Kier molecular flexibility index (Phi) is 14.5. The van der Waals surface area contributed by atoms with Crippen LogP contribution in [0.5, 0.6) is 0 Å². The summed E-state index contributed by atoms with van der Waals surface area (Å²) in [6.45, 7) is 30.1. The highest BCUT2D eigenvalue weighted by Crippen LogP contribution is 2.54. The summed E-state index contributed by atoms with van der Waals surface area (Å²) >= 11 is 17.3. The van der Waals surface area contributed by atoms with Crippen LogP contribution >= 0.6 is 101 Å². The normalized spacial score (nSPS) is 19.2. The number of benzene rings is 2. The van der Waals surface area contributed by atoms with Crippen LogP contribution in [0.3, 0.4) is 0 Å². The van der Waals surface area contributed by atoms with E-state index in [2.05, 4.69) is 127 Å². The van der Waals surface area contributed by atoms with Gasteiger partial charge in [-0.1, -0.05) is 59.4 Å². The molecule has 0 radical (unpaired) electrons. The molecule has 70 heavy (non-hydrogen) atoms. The van der Waals surface area contributed by atoms with Crippen LogP contribution in [0.4, 0.5) is 4.70 Å². The monoisotopic (exact) mass is 1180 g/mol. The molecular formula is C51H59B2Br2FN4O4S6. The van der Waals surface area contributed by atoms with E-state index in [0.717, 1.165) is 45.8 Å². The topological polar surface area (TPSA) is 88.5 Å². The third-order valence-electron chi connectivity index (χ3n) is 14.7. The van der Waals surface area contributed by atoms with Gasteiger partial charge in [0.2, 0.25) is 0 Å². The van der Waals surface area contributed by atoms with Crippen molar-refractivity contribution in [2.75, 3.05) is 0 Å². The molecule has 0 saturated carbocycles. The third-order valence-corrected chi connectivity index (χ3v) is 21.6. The Balaban J connectivity index is 0.000000143. The maximum atomic E-state index is 6.21. The molecule has 2 saturated heterocycles. The first-order chi connectivity index (χ1) is 31.8. The van der Waals surface area contributed by atoms with Crippen molar-refractivity contribution >= 4 is 148 Å². The average molecular weight is 1180 g/mol. The lowest BCUT2D eigenvalue weighted by atomic mass is 9.72. The SMILES string of the molecule is C.CC1(C)Cc2cc(Br)sc2-c2sc(Br)cc21.CC1(C)OB(c2ccc(B3OC(C)(C)C(C)(C)O3)c3nsnc23)OC1(C)C.Cc1cc2c(s1)-c1sc(-c3ccc(C)c4nsnc34)cc1C(C)(C)C2.F. The summed E-state index contributed by atoms with van der Waals surface area (Å²) in [4.78, 5) is 8.56. The molecule has 12 rings (SSSR count). The Labute approximate surface area is 453 Å². The molecule has 2 aliphatic heterocycles. The van der Waals surface area contributed by atoms with E-state index in [0.29, 0.717) is 0 Å². The Morgan fingerprint density at radius 1 is 0.500 bits per heavy atom. The van der Waals surface area contributed by atoms with Gasteiger partial charge in [-0.3, -0.25) is 4.70 Å². The third kappa shape index (κ3) is 9.34. The minimum absolute atomic E-state index is 0. The minimum atomic E-state index is -0.478. The van der Waals surface area contributed by atoms with E-state index in [1.807, 2.05) is 113 Å². The second-order valence-corrected chi connectivity index (χ2v) is 29.9. The largest absolute Gasteiger partial charge is 0.497 e. The molecular weight excluding hydrogens is 1130 g/mol. The zero-order valence-electron chi connectivity index (χ0n) is 41.2. The van der Waals surface area contributed by atoms with Gasteiger partial charge in [0.25, 0.3) is 0 Å². The maximum Gasteiger partial charge on any atom is 0.497 e. The van der Waals surface area contributed by atoms with Gasteiger partial charge in [-0.25, -0.2) is 0 Å². The van der Waals surface area contributed by atoms with Crippen LogP contribution < -0.4 is 10.9 Å². The number of hydrogen-bond acceptors (Lipinski definition) is 14. The Hall–Kier alpha value is -2.26. The van der Waals surface area contributed by atoms with E-state index < -0.39 is 36.6 Å². The molecule has 0 spiro atoms. The van der Waals surface area contributed by atoms with Crippen LogP contribution in [0.1, 0.15) is 123 Å². The number of aromatic nitrogens is 4. The first-order valence-electron chi connectivity index (χ1n) is 22.8. The van der Waals surface area contributed by atoms with Crippen molar-refractivity contribution in [3.63, 3.8) is 0 Å². The van der Waals surface area contributed by atoms with Crippen molar-refractivity contribution in [3.05, 3.63) is 88.8 Å². The molecule has 19 heteroatoms. The number of nitrogens with zero attached hydrogens (tertiary/aromatic N) is 4. The molecule has 0 N–H and O–H groups in total. The molecule has 8 aromatic rings. The van der Waals surface area contributed by atoms with Gasteiger partial charge in [0.1, 0.15) is 22.1 Å². The lowest BCUT2D eigenvalue weighted by Gasteiger charge is -2.32. The van der Waals surface area contributed by atoms with Gasteiger partial charge >= 0.3 is 14.2 Å². The van der Waals surface area contributed by atoms with E-state index in [9.17, 15) is 0 Å². The van der Waals surface area contributed by atoms with Crippen molar-refractivity contribution in [2.24, 2.45) is 0 Å². The summed E-state index contributed by atoms with van der Waals surface area (Å²) in [5.41, 5.74) is 12.6. The molecule has 0 atom stereocenters. The molecule has 2 aromatic carbocycles. The quantitative estimate of drug-likeness (QED) is 0.162. The van der Waals surface area contributed by atoms with Crippen LogP contribution in [0.15, 0.2) is 56.1 Å². The highest BCUT2D eigenvalue weighted by Gasteiger charge is 2.54. The fraction of sp³-hybridized carbons (Fsp3) is 0.451. The van der Waals surface area contributed by atoms with Gasteiger partial charge < -0.3 is 18.6 Å². The van der Waals surface area contributed by atoms with E-state index in [4.69, 9.17) is 18.6 Å². The number of hydrogen-bond donors (Lipinski definition) is 0. The summed E-state index contributed by atoms with van der Waals surface area (Å²) in [6, 6.07) is 17.7. The zero-order chi connectivity index (χ0) is 48.7. The first-order valence-corrected chi connectivity index (χ1v) is 29.1. The van der Waals surface area contributed by atoms with Crippen molar-refractivity contribution in [1.82, 2.24) is 17.5 Å². The van der Waals surface area contributed by atoms with Crippen molar-refractivity contribution in [3.8, 4) is 29.9 Å². The predicted molar refractivity (Wildman–Crippen MR) is 308 cm³/mol. The molecule has 0 bridgehead atoms. The van der Waals surface area contributed by atoms with E-state index in [-0.39, 0.29) is 23.0 Å². The first kappa shape index (κ1) is 54.0. The number of halogens is 3. The number of fused-ring (bicyclic) bond motifs is 8. The lowest BCUT2D eigenvalue weighted by Crippen LogP contribution is -2.41. The summed E-state index contributed by atoms with van der Waals surface area (Å²) in [6.07, 6.45) is 2.26. The molecule has 0 amide bonds. The molecule has 8 heterocycles. The van der Waals surface area contributed by atoms with Gasteiger partial charge in [0.15, 0.2) is 0 Å². The second-order valence-electron chi connectivity index (χ2n) is 21.7. The van der Waals surface area contributed by atoms with Crippen LogP contribution in [0, 0.1) is 13.8 Å². The maximum absolute atomic E-state index is 6.21. The van der Waals surface area contributed by atoms with E-state index >= 15 is 0 Å². The van der Waals surface area contributed by atoms with Gasteiger partial charge in [0, 0.05) is 45.8 Å². The fourth-order valence-corrected chi connectivity index (χ4v) is 16.8. The molecule has 6 aromatic heterocycles. The van der Waals surface area contributed by atoms with Gasteiger partial charge in [-0.05, 0) is 177 Å². The highest BCUT2D eigenvalue weighted by molar-refractivity contribution is 9.11. The molecule has 4 aliphatic rings. The summed E-state index contributed by atoms with van der Waals surface area (Å²) in [7, 11) is -0.956. The molecule has 2 aliphatic carbocycles.